The van der Waals surface area contributed by atoms with Gasteiger partial charge in [-0.2, -0.15) is 0 Å². The molecule has 1 N–H and O–H groups in total. The van der Waals surface area contributed by atoms with Crippen molar-refractivity contribution >= 4 is 23.4 Å². The minimum Gasteiger partial charge on any atom is -0.381 e. The summed E-state index contributed by atoms with van der Waals surface area (Å²) >= 11 is 8.26. The number of thioether (sulfide) groups is 1. The fraction of sp³-hybridized carbons (Fsp3) is 0.571. The van der Waals surface area contributed by atoms with E-state index in [4.69, 9.17) is 16.3 Å². The molecule has 1 aromatic carbocycles. The van der Waals surface area contributed by atoms with Crippen LogP contribution in [0.4, 0.5) is 0 Å². The molecule has 0 bridgehead atoms. The lowest BCUT2D eigenvalue weighted by molar-refractivity contribution is 0.1000. The van der Waals surface area contributed by atoms with Crippen LogP contribution in [-0.2, 0) is 11.3 Å². The van der Waals surface area contributed by atoms with Crippen molar-refractivity contribution in [1.82, 2.24) is 5.32 Å². The standard InChI is InChI=1S/C14H20ClNOS/c1-2-16-10-11-4-3-5-13(15)14(11)18-12-6-8-17-9-7-12/h3-5,12,16H,2,6-10H2,1H3. The van der Waals surface area contributed by atoms with Crippen LogP contribution in [0, 0.1) is 0 Å². The molecule has 0 aromatic heterocycles. The second kappa shape index (κ2) is 7.39. The zero-order chi connectivity index (χ0) is 12.8. The fourth-order valence-electron chi connectivity index (χ4n) is 2.04. The summed E-state index contributed by atoms with van der Waals surface area (Å²) in [5, 5.41) is 4.89. The number of hydrogen-bond donors (Lipinski definition) is 1. The van der Waals surface area contributed by atoms with Gasteiger partial charge in [-0.1, -0.05) is 30.7 Å². The number of rotatable bonds is 5. The lowest BCUT2D eigenvalue weighted by atomic mass is 10.2. The van der Waals surface area contributed by atoms with E-state index in [2.05, 4.69) is 18.3 Å². The van der Waals surface area contributed by atoms with Gasteiger partial charge in [0.15, 0.2) is 0 Å². The summed E-state index contributed by atoms with van der Waals surface area (Å²) in [6, 6.07) is 6.18. The van der Waals surface area contributed by atoms with Gasteiger partial charge in [0.1, 0.15) is 0 Å². The first-order valence-corrected chi connectivity index (χ1v) is 7.79. The van der Waals surface area contributed by atoms with Crippen LogP contribution in [0.15, 0.2) is 23.1 Å². The van der Waals surface area contributed by atoms with Crippen molar-refractivity contribution in [3.05, 3.63) is 28.8 Å². The average Bonchev–Trinajstić information content (AvgIpc) is 2.41. The number of benzene rings is 1. The monoisotopic (exact) mass is 285 g/mol. The molecule has 1 saturated heterocycles. The predicted molar refractivity (Wildman–Crippen MR) is 78.5 cm³/mol. The topological polar surface area (TPSA) is 21.3 Å². The first-order valence-electron chi connectivity index (χ1n) is 6.53. The van der Waals surface area contributed by atoms with E-state index in [1.54, 1.807) is 0 Å². The quantitative estimate of drug-likeness (QED) is 0.891. The Bertz CT molecular complexity index is 380. The van der Waals surface area contributed by atoms with Crippen molar-refractivity contribution in [2.24, 2.45) is 0 Å². The van der Waals surface area contributed by atoms with Gasteiger partial charge in [-0.05, 0) is 31.0 Å². The lowest BCUT2D eigenvalue weighted by Gasteiger charge is -2.23. The lowest BCUT2D eigenvalue weighted by Crippen LogP contribution is -2.18. The third-order valence-electron chi connectivity index (χ3n) is 3.07. The van der Waals surface area contributed by atoms with Crippen molar-refractivity contribution in [2.75, 3.05) is 19.8 Å². The first kappa shape index (κ1) is 14.2. The van der Waals surface area contributed by atoms with Crippen molar-refractivity contribution in [3.63, 3.8) is 0 Å². The predicted octanol–water partition coefficient (Wildman–Crippen LogP) is 3.72. The third kappa shape index (κ3) is 3.89. The Morgan fingerprint density at radius 3 is 2.89 bits per heavy atom. The summed E-state index contributed by atoms with van der Waals surface area (Å²) < 4.78 is 5.40. The van der Waals surface area contributed by atoms with E-state index < -0.39 is 0 Å². The van der Waals surface area contributed by atoms with Crippen molar-refractivity contribution in [1.29, 1.82) is 0 Å². The number of hydrogen-bond acceptors (Lipinski definition) is 3. The van der Waals surface area contributed by atoms with E-state index in [0.717, 1.165) is 44.2 Å². The van der Waals surface area contributed by atoms with Gasteiger partial charge in [0.25, 0.3) is 0 Å². The molecule has 0 saturated carbocycles. The number of nitrogens with one attached hydrogen (secondary N) is 1. The molecule has 1 heterocycles. The second-order valence-electron chi connectivity index (χ2n) is 4.44. The third-order valence-corrected chi connectivity index (χ3v) is 5.02. The smallest absolute Gasteiger partial charge is 0.0545 e. The highest BCUT2D eigenvalue weighted by Gasteiger charge is 2.18. The second-order valence-corrected chi connectivity index (χ2v) is 6.16. The van der Waals surface area contributed by atoms with Gasteiger partial charge in [0.2, 0.25) is 0 Å². The Kier molecular flexibility index (Phi) is 5.83. The van der Waals surface area contributed by atoms with Crippen molar-refractivity contribution in [2.45, 2.75) is 36.5 Å². The maximum absolute atomic E-state index is 6.35. The molecule has 0 amide bonds. The largest absolute Gasteiger partial charge is 0.381 e. The Morgan fingerprint density at radius 1 is 1.39 bits per heavy atom. The highest BCUT2D eigenvalue weighted by molar-refractivity contribution is 8.00. The van der Waals surface area contributed by atoms with E-state index in [-0.39, 0.29) is 0 Å². The summed E-state index contributed by atoms with van der Waals surface area (Å²) in [5.74, 6) is 0. The van der Waals surface area contributed by atoms with Gasteiger partial charge in [-0.25, -0.2) is 0 Å². The number of ether oxygens (including phenoxy) is 1. The molecule has 0 aliphatic carbocycles. The summed E-state index contributed by atoms with van der Waals surface area (Å²) in [6.45, 7) is 5.75. The Labute approximate surface area is 118 Å². The average molecular weight is 286 g/mol. The zero-order valence-electron chi connectivity index (χ0n) is 10.7. The van der Waals surface area contributed by atoms with Crippen LogP contribution in [0.5, 0.6) is 0 Å². The van der Waals surface area contributed by atoms with Gasteiger partial charge in [0, 0.05) is 29.9 Å². The summed E-state index contributed by atoms with van der Waals surface area (Å²) in [7, 11) is 0. The molecule has 0 radical (unpaired) electrons. The van der Waals surface area contributed by atoms with Crippen LogP contribution in [0.3, 0.4) is 0 Å². The molecule has 4 heteroatoms. The minimum absolute atomic E-state index is 0.638. The Morgan fingerprint density at radius 2 is 2.17 bits per heavy atom. The molecule has 100 valence electrons. The summed E-state index contributed by atoms with van der Waals surface area (Å²) in [4.78, 5) is 1.24. The van der Waals surface area contributed by atoms with Crippen LogP contribution < -0.4 is 5.32 Å². The highest BCUT2D eigenvalue weighted by Crippen LogP contribution is 2.36. The minimum atomic E-state index is 0.638. The molecular formula is C14H20ClNOS. The molecule has 1 aromatic rings. The normalized spacial score (nSPS) is 17.0. The number of halogens is 1. The van der Waals surface area contributed by atoms with Gasteiger partial charge in [0.05, 0.1) is 5.02 Å². The summed E-state index contributed by atoms with van der Waals surface area (Å²) in [5.41, 5.74) is 1.31. The molecule has 2 rings (SSSR count). The van der Waals surface area contributed by atoms with Crippen LogP contribution in [-0.4, -0.2) is 25.0 Å². The molecule has 0 unspecified atom stereocenters. The van der Waals surface area contributed by atoms with E-state index in [1.165, 1.54) is 10.5 Å². The van der Waals surface area contributed by atoms with Crippen LogP contribution in [0.2, 0.25) is 5.02 Å². The molecule has 1 aliphatic rings. The zero-order valence-corrected chi connectivity index (χ0v) is 12.3. The first-order chi connectivity index (χ1) is 8.81. The van der Waals surface area contributed by atoms with Crippen LogP contribution in [0.25, 0.3) is 0 Å². The molecular weight excluding hydrogens is 266 g/mol. The maximum Gasteiger partial charge on any atom is 0.0545 e. The maximum atomic E-state index is 6.35. The molecule has 2 nitrogen and oxygen atoms in total. The highest BCUT2D eigenvalue weighted by atomic mass is 35.5. The summed E-state index contributed by atoms with van der Waals surface area (Å²) in [6.07, 6.45) is 2.24. The van der Waals surface area contributed by atoms with Gasteiger partial charge >= 0.3 is 0 Å². The van der Waals surface area contributed by atoms with Crippen LogP contribution >= 0.6 is 23.4 Å². The van der Waals surface area contributed by atoms with E-state index in [0.29, 0.717) is 5.25 Å². The molecule has 1 aliphatic heterocycles. The van der Waals surface area contributed by atoms with E-state index in [9.17, 15) is 0 Å². The molecule has 0 atom stereocenters. The van der Waals surface area contributed by atoms with Gasteiger partial charge < -0.3 is 10.1 Å². The Balaban J connectivity index is 2.08. The van der Waals surface area contributed by atoms with E-state index >= 15 is 0 Å². The Hall–Kier alpha value is -0.220. The molecule has 18 heavy (non-hydrogen) atoms. The SMILES string of the molecule is CCNCc1cccc(Cl)c1SC1CCOCC1. The van der Waals surface area contributed by atoms with Gasteiger partial charge in [-0.3, -0.25) is 0 Å². The van der Waals surface area contributed by atoms with Crippen LogP contribution in [0.1, 0.15) is 25.3 Å². The van der Waals surface area contributed by atoms with Gasteiger partial charge in [-0.15, -0.1) is 11.8 Å². The van der Waals surface area contributed by atoms with E-state index in [1.807, 2.05) is 23.9 Å². The van der Waals surface area contributed by atoms with Crippen molar-refractivity contribution < 1.29 is 4.74 Å². The fourth-order valence-corrected chi connectivity index (χ4v) is 3.61. The molecule has 0 spiro atoms. The molecule has 1 fully saturated rings. The van der Waals surface area contributed by atoms with Crippen molar-refractivity contribution in [3.8, 4) is 0 Å².